The van der Waals surface area contributed by atoms with Crippen molar-refractivity contribution in [2.75, 3.05) is 18.9 Å². The first-order valence-corrected chi connectivity index (χ1v) is 6.69. The van der Waals surface area contributed by atoms with E-state index in [1.54, 1.807) is 0 Å². The van der Waals surface area contributed by atoms with Crippen LogP contribution in [-0.4, -0.2) is 27.7 Å². The van der Waals surface area contributed by atoms with Crippen LogP contribution in [0, 0.1) is 0 Å². The third-order valence-electron chi connectivity index (χ3n) is 2.91. The molecule has 0 aromatic carbocycles. The highest BCUT2D eigenvalue weighted by Gasteiger charge is 2.16. The number of nitrogens with two attached hydrogens (primary N) is 1. The zero-order chi connectivity index (χ0) is 12.4. The number of nitrogen functional groups attached to an aromatic ring is 1. The molecule has 1 fully saturated rings. The molecule has 2 N–H and O–H groups in total. The van der Waals surface area contributed by atoms with E-state index in [2.05, 4.69) is 14.5 Å². The average molecular weight is 262 g/mol. The highest BCUT2D eigenvalue weighted by molar-refractivity contribution is 7.13. The van der Waals surface area contributed by atoms with E-state index in [0.717, 1.165) is 31.0 Å². The van der Waals surface area contributed by atoms with Crippen molar-refractivity contribution in [1.82, 2.24) is 14.5 Å². The highest BCUT2D eigenvalue weighted by atomic mass is 32.1. The first kappa shape index (κ1) is 11.4. The first-order valence-electron chi connectivity index (χ1n) is 5.81. The van der Waals surface area contributed by atoms with Crippen LogP contribution in [0.1, 0.15) is 23.9 Å². The maximum atomic E-state index is 5.57. The van der Waals surface area contributed by atoms with Gasteiger partial charge in [0.05, 0.1) is 30.4 Å². The number of aromatic nitrogens is 3. The molecule has 1 aliphatic rings. The summed E-state index contributed by atoms with van der Waals surface area (Å²) in [4.78, 5) is 8.51. The third kappa shape index (κ3) is 2.44. The summed E-state index contributed by atoms with van der Waals surface area (Å²) in [5.74, 6) is 0. The second kappa shape index (κ2) is 4.91. The Morgan fingerprint density at radius 3 is 3.06 bits per heavy atom. The number of hydrogen-bond donors (Lipinski definition) is 1. The molecule has 2 aromatic rings. The topological polar surface area (TPSA) is 66.0 Å². The summed E-state index contributed by atoms with van der Waals surface area (Å²) in [6, 6.07) is 0.426. The molecule has 1 unspecified atom stereocenters. The summed E-state index contributed by atoms with van der Waals surface area (Å²) in [7, 11) is 0. The van der Waals surface area contributed by atoms with Crippen LogP contribution in [-0.2, 0) is 4.74 Å². The van der Waals surface area contributed by atoms with E-state index in [0.29, 0.717) is 11.2 Å². The lowest BCUT2D eigenvalue weighted by molar-refractivity contribution is 0.186. The number of imidazole rings is 1. The van der Waals surface area contributed by atoms with Crippen molar-refractivity contribution in [3.63, 3.8) is 0 Å². The van der Waals surface area contributed by atoms with Gasteiger partial charge in [0.25, 0.3) is 0 Å². The normalized spacial score (nSPS) is 19.9. The SMILES string of the molecule is Nc1nc(C=Cc2cn(C3CCOC3)cn2)cs1. The van der Waals surface area contributed by atoms with Gasteiger partial charge in [-0.1, -0.05) is 0 Å². The molecule has 3 rings (SSSR count). The lowest BCUT2D eigenvalue weighted by atomic mass is 10.2. The van der Waals surface area contributed by atoms with Crippen LogP contribution >= 0.6 is 11.3 Å². The maximum Gasteiger partial charge on any atom is 0.180 e. The fraction of sp³-hybridized carbons (Fsp3) is 0.333. The molecular formula is C12H14N4OS. The van der Waals surface area contributed by atoms with Gasteiger partial charge in [0.1, 0.15) is 0 Å². The Labute approximate surface area is 109 Å². The van der Waals surface area contributed by atoms with Gasteiger partial charge in [0.2, 0.25) is 0 Å². The Morgan fingerprint density at radius 1 is 1.44 bits per heavy atom. The molecule has 6 heteroatoms. The summed E-state index contributed by atoms with van der Waals surface area (Å²) in [6.07, 6.45) is 8.81. The Morgan fingerprint density at radius 2 is 2.33 bits per heavy atom. The number of thiazole rings is 1. The molecule has 0 bridgehead atoms. The molecule has 18 heavy (non-hydrogen) atoms. The number of hydrogen-bond acceptors (Lipinski definition) is 5. The van der Waals surface area contributed by atoms with Crippen molar-refractivity contribution < 1.29 is 4.74 Å². The van der Waals surface area contributed by atoms with Gasteiger partial charge < -0.3 is 15.0 Å². The van der Waals surface area contributed by atoms with Crippen molar-refractivity contribution in [2.24, 2.45) is 0 Å². The lowest BCUT2D eigenvalue weighted by Gasteiger charge is -2.07. The minimum atomic E-state index is 0.426. The molecule has 0 spiro atoms. The Hall–Kier alpha value is -1.66. The van der Waals surface area contributed by atoms with Crippen LogP contribution in [0.15, 0.2) is 17.9 Å². The fourth-order valence-corrected chi connectivity index (χ4v) is 2.47. The molecule has 0 radical (unpaired) electrons. The molecule has 1 saturated heterocycles. The Bertz CT molecular complexity index is 554. The molecule has 1 aliphatic heterocycles. The monoisotopic (exact) mass is 262 g/mol. The van der Waals surface area contributed by atoms with Gasteiger partial charge in [-0.05, 0) is 18.6 Å². The smallest absolute Gasteiger partial charge is 0.180 e. The van der Waals surface area contributed by atoms with Crippen molar-refractivity contribution in [1.29, 1.82) is 0 Å². The molecular weight excluding hydrogens is 248 g/mol. The van der Waals surface area contributed by atoms with Crippen LogP contribution in [0.3, 0.4) is 0 Å². The zero-order valence-corrected chi connectivity index (χ0v) is 10.6. The summed E-state index contributed by atoms with van der Waals surface area (Å²) in [5.41, 5.74) is 7.37. The predicted molar refractivity (Wildman–Crippen MR) is 72.2 cm³/mol. The van der Waals surface area contributed by atoms with Crippen LogP contribution in [0.5, 0.6) is 0 Å². The minimum absolute atomic E-state index is 0.426. The van der Waals surface area contributed by atoms with Crippen LogP contribution in [0.2, 0.25) is 0 Å². The molecule has 5 nitrogen and oxygen atoms in total. The van der Waals surface area contributed by atoms with E-state index >= 15 is 0 Å². The number of ether oxygens (including phenoxy) is 1. The van der Waals surface area contributed by atoms with E-state index < -0.39 is 0 Å². The number of rotatable bonds is 3. The predicted octanol–water partition coefficient (Wildman–Crippen LogP) is 2.05. The van der Waals surface area contributed by atoms with Crippen molar-refractivity contribution in [2.45, 2.75) is 12.5 Å². The van der Waals surface area contributed by atoms with Gasteiger partial charge >= 0.3 is 0 Å². The molecule has 94 valence electrons. The van der Waals surface area contributed by atoms with Crippen LogP contribution in [0.4, 0.5) is 5.13 Å². The average Bonchev–Trinajstić information content (AvgIpc) is 3.07. The van der Waals surface area contributed by atoms with Gasteiger partial charge in [-0.2, -0.15) is 0 Å². The van der Waals surface area contributed by atoms with Gasteiger partial charge in [0.15, 0.2) is 5.13 Å². The van der Waals surface area contributed by atoms with Crippen molar-refractivity contribution in [3.8, 4) is 0 Å². The minimum Gasteiger partial charge on any atom is -0.379 e. The van der Waals surface area contributed by atoms with Gasteiger partial charge in [-0.3, -0.25) is 0 Å². The molecule has 0 aliphatic carbocycles. The van der Waals surface area contributed by atoms with Gasteiger partial charge in [-0.25, -0.2) is 9.97 Å². The largest absolute Gasteiger partial charge is 0.379 e. The number of nitrogens with zero attached hydrogens (tertiary/aromatic N) is 3. The standard InChI is InChI=1S/C12H14N4OS/c13-12-15-10(7-18-12)2-1-9-5-16(8-14-9)11-3-4-17-6-11/h1-2,5,7-8,11H,3-4,6H2,(H2,13,15). The van der Waals surface area contributed by atoms with Gasteiger partial charge in [-0.15, -0.1) is 11.3 Å². The molecule has 0 amide bonds. The lowest BCUT2D eigenvalue weighted by Crippen LogP contribution is -2.05. The molecule has 0 saturated carbocycles. The van der Waals surface area contributed by atoms with E-state index in [-0.39, 0.29) is 0 Å². The maximum absolute atomic E-state index is 5.57. The Balaban J connectivity index is 1.71. The quantitative estimate of drug-likeness (QED) is 0.919. The van der Waals surface area contributed by atoms with Gasteiger partial charge in [0, 0.05) is 18.2 Å². The fourth-order valence-electron chi connectivity index (χ4n) is 1.94. The third-order valence-corrected chi connectivity index (χ3v) is 3.61. The highest BCUT2D eigenvalue weighted by Crippen LogP contribution is 2.19. The number of anilines is 1. The van der Waals surface area contributed by atoms with Crippen molar-refractivity contribution >= 4 is 28.6 Å². The molecule has 1 atom stereocenters. The molecule has 3 heterocycles. The second-order valence-corrected chi connectivity index (χ2v) is 5.10. The molecule has 2 aromatic heterocycles. The van der Waals surface area contributed by atoms with Crippen molar-refractivity contribution in [3.05, 3.63) is 29.3 Å². The van der Waals surface area contributed by atoms with E-state index in [1.165, 1.54) is 11.3 Å². The van der Waals surface area contributed by atoms with E-state index in [4.69, 9.17) is 10.5 Å². The zero-order valence-electron chi connectivity index (χ0n) is 9.82. The first-order chi connectivity index (χ1) is 8.81. The summed E-state index contributed by atoms with van der Waals surface area (Å²) in [6.45, 7) is 1.62. The summed E-state index contributed by atoms with van der Waals surface area (Å²) in [5, 5.41) is 2.51. The summed E-state index contributed by atoms with van der Waals surface area (Å²) >= 11 is 1.44. The Kier molecular flexibility index (Phi) is 3.12. The second-order valence-electron chi connectivity index (χ2n) is 4.21. The van der Waals surface area contributed by atoms with Crippen LogP contribution in [0.25, 0.3) is 12.2 Å². The van der Waals surface area contributed by atoms with Crippen LogP contribution < -0.4 is 5.73 Å². The summed E-state index contributed by atoms with van der Waals surface area (Å²) < 4.78 is 7.48. The van der Waals surface area contributed by atoms with E-state index in [9.17, 15) is 0 Å². The van der Waals surface area contributed by atoms with E-state index in [1.807, 2.05) is 30.1 Å².